The van der Waals surface area contributed by atoms with E-state index in [0.29, 0.717) is 10.4 Å². The number of pyridine rings is 1. The van der Waals surface area contributed by atoms with Gasteiger partial charge in [-0.1, -0.05) is 67.4 Å². The van der Waals surface area contributed by atoms with Crippen molar-refractivity contribution in [2.24, 2.45) is 0 Å². The van der Waals surface area contributed by atoms with Crippen molar-refractivity contribution in [1.82, 2.24) is 4.98 Å². The summed E-state index contributed by atoms with van der Waals surface area (Å²) in [5.41, 5.74) is 1.01. The fraction of sp³-hybridized carbons (Fsp3) is 0.0385. The quantitative estimate of drug-likeness (QED) is 0.231. The van der Waals surface area contributed by atoms with Crippen LogP contribution in [0.1, 0.15) is 11.1 Å². The van der Waals surface area contributed by atoms with Crippen LogP contribution in [0.3, 0.4) is 0 Å². The minimum absolute atomic E-state index is 0.0276. The number of phenols is 1. The van der Waals surface area contributed by atoms with E-state index in [9.17, 15) is 26.7 Å². The van der Waals surface area contributed by atoms with Crippen molar-refractivity contribution in [3.63, 3.8) is 0 Å². The Bertz CT molecular complexity index is 1620. The number of anilines is 1. The van der Waals surface area contributed by atoms with Crippen LogP contribution in [0.15, 0.2) is 94.7 Å². The average molecular weight is 545 g/mol. The number of benzene rings is 3. The molecule has 1 aromatic heterocycles. The topological polar surface area (TPSA) is 88.5 Å². The summed E-state index contributed by atoms with van der Waals surface area (Å²) in [5.74, 6) is -1.06. The van der Waals surface area contributed by atoms with Crippen molar-refractivity contribution in [2.75, 3.05) is 4.72 Å². The van der Waals surface area contributed by atoms with Gasteiger partial charge in [0, 0.05) is 27.6 Å². The minimum Gasteiger partial charge on any atom is -0.506 e. The highest BCUT2D eigenvalue weighted by Crippen LogP contribution is 2.44. The monoisotopic (exact) mass is 544 g/mol. The van der Waals surface area contributed by atoms with Crippen LogP contribution in [0.2, 0.25) is 0 Å². The van der Waals surface area contributed by atoms with Crippen molar-refractivity contribution in [2.45, 2.75) is 21.0 Å². The van der Waals surface area contributed by atoms with Crippen molar-refractivity contribution in [3.05, 3.63) is 91.1 Å². The van der Waals surface area contributed by atoms with Gasteiger partial charge in [-0.2, -0.15) is 0 Å². The SMILES string of the molecule is C=Cc1c(NS(=O)(=O)c2ccccc2OC(F)(F)F)cc(Sc2cccc3cccnc23)c(O)c1C=C. The Morgan fingerprint density at radius 3 is 2.38 bits per heavy atom. The van der Waals surface area contributed by atoms with E-state index < -0.39 is 27.0 Å². The molecule has 190 valence electrons. The maximum absolute atomic E-state index is 13.2. The first-order chi connectivity index (χ1) is 17.5. The van der Waals surface area contributed by atoms with Gasteiger partial charge < -0.3 is 9.84 Å². The number of aromatic hydroxyl groups is 1. The summed E-state index contributed by atoms with van der Waals surface area (Å²) in [6.45, 7) is 7.38. The zero-order chi connectivity index (χ0) is 26.8. The zero-order valence-corrected chi connectivity index (χ0v) is 20.6. The van der Waals surface area contributed by atoms with Gasteiger partial charge in [-0.05, 0) is 30.3 Å². The summed E-state index contributed by atoms with van der Waals surface area (Å²) >= 11 is 1.14. The molecule has 11 heteroatoms. The first kappa shape index (κ1) is 26.1. The number of rotatable bonds is 8. The largest absolute Gasteiger partial charge is 0.573 e. The van der Waals surface area contributed by atoms with E-state index >= 15 is 0 Å². The Hall–Kier alpha value is -3.96. The summed E-state index contributed by atoms with van der Waals surface area (Å²) < 4.78 is 71.3. The van der Waals surface area contributed by atoms with Gasteiger partial charge in [0.2, 0.25) is 0 Å². The van der Waals surface area contributed by atoms with Crippen LogP contribution in [-0.4, -0.2) is 24.9 Å². The maximum Gasteiger partial charge on any atom is 0.573 e. The first-order valence-corrected chi connectivity index (χ1v) is 12.9. The molecule has 4 aromatic rings. The van der Waals surface area contributed by atoms with Crippen LogP contribution in [0.25, 0.3) is 23.1 Å². The molecule has 37 heavy (non-hydrogen) atoms. The van der Waals surface area contributed by atoms with E-state index in [0.717, 1.165) is 29.3 Å². The number of alkyl halides is 3. The number of nitrogens with one attached hydrogen (secondary N) is 1. The molecule has 3 aromatic carbocycles. The molecule has 0 aliphatic carbocycles. The number of hydrogen-bond donors (Lipinski definition) is 2. The molecule has 1 heterocycles. The van der Waals surface area contributed by atoms with Gasteiger partial charge in [0.05, 0.1) is 16.1 Å². The zero-order valence-electron chi connectivity index (χ0n) is 19.0. The summed E-state index contributed by atoms with van der Waals surface area (Å²) in [6.07, 6.45) is -0.831. The number of sulfonamides is 1. The van der Waals surface area contributed by atoms with Gasteiger partial charge in [0.15, 0.2) is 0 Å². The molecule has 0 aliphatic rings. The lowest BCUT2D eigenvalue weighted by Gasteiger charge is -2.18. The maximum atomic E-state index is 13.2. The van der Waals surface area contributed by atoms with Gasteiger partial charge in [-0.3, -0.25) is 9.71 Å². The molecule has 0 saturated heterocycles. The van der Waals surface area contributed by atoms with Crippen LogP contribution in [0.4, 0.5) is 18.9 Å². The molecule has 0 aliphatic heterocycles. The van der Waals surface area contributed by atoms with E-state index in [1.807, 2.05) is 18.2 Å². The smallest absolute Gasteiger partial charge is 0.506 e. The van der Waals surface area contributed by atoms with Crippen LogP contribution >= 0.6 is 11.8 Å². The van der Waals surface area contributed by atoms with E-state index in [-0.39, 0.29) is 27.5 Å². The Morgan fingerprint density at radius 2 is 1.68 bits per heavy atom. The van der Waals surface area contributed by atoms with Gasteiger partial charge in [-0.15, -0.1) is 13.2 Å². The number of ether oxygens (including phenoxy) is 1. The minimum atomic E-state index is -5.09. The third-order valence-corrected chi connectivity index (χ3v) is 7.66. The molecular formula is C26H19F3N2O4S2. The molecule has 4 rings (SSSR count). The molecule has 0 spiro atoms. The van der Waals surface area contributed by atoms with E-state index in [2.05, 4.69) is 27.6 Å². The molecule has 0 amide bonds. The highest BCUT2D eigenvalue weighted by Gasteiger charge is 2.34. The van der Waals surface area contributed by atoms with Crippen LogP contribution < -0.4 is 9.46 Å². The summed E-state index contributed by atoms with van der Waals surface area (Å²) in [5, 5.41) is 11.8. The number of hydrogen-bond acceptors (Lipinski definition) is 6. The normalized spacial score (nSPS) is 11.8. The molecule has 0 radical (unpaired) electrons. The second kappa shape index (κ2) is 10.2. The Morgan fingerprint density at radius 1 is 0.973 bits per heavy atom. The molecule has 6 nitrogen and oxygen atoms in total. The molecule has 2 N–H and O–H groups in total. The molecule has 0 bridgehead atoms. The Kier molecular flexibility index (Phi) is 7.19. The van der Waals surface area contributed by atoms with Gasteiger partial charge in [-0.25, -0.2) is 8.42 Å². The summed E-state index contributed by atoms with van der Waals surface area (Å²) in [7, 11) is -4.57. The second-order valence-corrected chi connectivity index (χ2v) is 10.3. The fourth-order valence-electron chi connectivity index (χ4n) is 3.63. The predicted molar refractivity (Wildman–Crippen MR) is 138 cm³/mol. The molecule has 0 unspecified atom stereocenters. The number of aromatic nitrogens is 1. The van der Waals surface area contributed by atoms with Crippen molar-refractivity contribution >= 4 is 50.5 Å². The molecule has 0 fully saturated rings. The fourth-order valence-corrected chi connectivity index (χ4v) is 5.86. The van der Waals surface area contributed by atoms with Crippen molar-refractivity contribution < 1.29 is 31.4 Å². The van der Waals surface area contributed by atoms with Gasteiger partial charge in [0.1, 0.15) is 16.4 Å². The number of phenolic OH excluding ortho intramolecular Hbond substituents is 1. The van der Waals surface area contributed by atoms with Gasteiger partial charge >= 0.3 is 6.36 Å². The summed E-state index contributed by atoms with van der Waals surface area (Å²) in [6, 6.07) is 14.9. The Balaban J connectivity index is 1.82. The van der Waals surface area contributed by atoms with Crippen LogP contribution in [-0.2, 0) is 10.0 Å². The molecule has 0 atom stereocenters. The standard InChI is InChI=1S/C26H19F3N2O4S2/c1-3-17-18(4-2)25(32)22(36-21-12-7-9-16-10-8-14-30-24(16)21)15-19(17)31-37(33,34)23-13-6-5-11-20(23)35-26(27,28)29/h3-15,31-32H,1-2H2. The predicted octanol–water partition coefficient (Wildman–Crippen LogP) is 7.08. The number of fused-ring (bicyclic) bond motifs is 1. The lowest BCUT2D eigenvalue weighted by molar-refractivity contribution is -0.275. The van der Waals surface area contributed by atoms with E-state index in [1.54, 1.807) is 18.3 Å². The second-order valence-electron chi connectivity index (χ2n) is 7.54. The van der Waals surface area contributed by atoms with E-state index in [1.165, 1.54) is 30.4 Å². The Labute approximate surface area is 215 Å². The lowest BCUT2D eigenvalue weighted by atomic mass is 10.0. The third-order valence-electron chi connectivity index (χ3n) is 5.18. The molecular weight excluding hydrogens is 525 g/mol. The number of nitrogens with zero attached hydrogens (tertiary/aromatic N) is 1. The highest BCUT2D eigenvalue weighted by molar-refractivity contribution is 7.99. The average Bonchev–Trinajstić information content (AvgIpc) is 2.85. The summed E-state index contributed by atoms with van der Waals surface area (Å²) in [4.78, 5) is 4.62. The lowest BCUT2D eigenvalue weighted by Crippen LogP contribution is -2.21. The molecule has 0 saturated carbocycles. The van der Waals surface area contributed by atoms with Crippen LogP contribution in [0, 0.1) is 0 Å². The van der Waals surface area contributed by atoms with Crippen LogP contribution in [0.5, 0.6) is 11.5 Å². The van der Waals surface area contributed by atoms with Crippen molar-refractivity contribution in [3.8, 4) is 11.5 Å². The van der Waals surface area contributed by atoms with E-state index in [4.69, 9.17) is 0 Å². The van der Waals surface area contributed by atoms with Gasteiger partial charge in [0.25, 0.3) is 10.0 Å². The third kappa shape index (κ3) is 5.57. The highest BCUT2D eigenvalue weighted by atomic mass is 32.2. The number of para-hydroxylation sites is 2. The van der Waals surface area contributed by atoms with Crippen molar-refractivity contribution in [1.29, 1.82) is 0 Å². The number of halogens is 3. The first-order valence-electron chi connectivity index (χ1n) is 10.6.